The van der Waals surface area contributed by atoms with Crippen LogP contribution in [-0.2, 0) is 13.1 Å². The van der Waals surface area contributed by atoms with Crippen molar-refractivity contribution >= 4 is 70.0 Å². The third-order valence-corrected chi connectivity index (χ3v) is 8.86. The number of aryl methyl sites for hydroxylation is 1. The van der Waals surface area contributed by atoms with Gasteiger partial charge in [-0.1, -0.05) is 6.07 Å². The van der Waals surface area contributed by atoms with Gasteiger partial charge in [0.1, 0.15) is 17.6 Å². The molecule has 5 heterocycles. The molecule has 2 aliphatic rings. The van der Waals surface area contributed by atoms with E-state index < -0.39 is 0 Å². The Kier molecular flexibility index (Phi) is 11.3. The van der Waals surface area contributed by atoms with Crippen LogP contribution in [0.1, 0.15) is 29.7 Å². The standard InChI is InChI=1S/C27H35N7O2S.3ClH/c1-17-11-18-13-23(37-26(18)22(12-17)36-2)24-20(14-32-7-3-19(35)4-8-32)21(15-33-9-5-29-6-10-33)34-25(24)27(28)30-16-31-34;;;/h11-13,16,19,29,35H,3-10,14-15H2,1-2H3,(H2,28,30,31);3*1H. The number of piperazine rings is 1. The van der Waals surface area contributed by atoms with E-state index in [9.17, 15) is 5.11 Å². The first-order valence-electron chi connectivity index (χ1n) is 13.1. The average Bonchev–Trinajstić information content (AvgIpc) is 3.45. The highest BCUT2D eigenvalue weighted by Gasteiger charge is 2.28. The Bertz CT molecular complexity index is 1430. The quantitative estimate of drug-likeness (QED) is 0.292. The molecule has 0 saturated carbocycles. The van der Waals surface area contributed by atoms with E-state index in [-0.39, 0.29) is 43.3 Å². The number of nitrogens with zero attached hydrogens (tertiary/aromatic N) is 5. The molecule has 40 heavy (non-hydrogen) atoms. The van der Waals surface area contributed by atoms with Crippen molar-refractivity contribution in [2.24, 2.45) is 0 Å². The molecule has 2 saturated heterocycles. The summed E-state index contributed by atoms with van der Waals surface area (Å²) in [5.74, 6) is 1.39. The Labute approximate surface area is 257 Å². The van der Waals surface area contributed by atoms with E-state index in [1.807, 2.05) is 4.52 Å². The molecule has 220 valence electrons. The zero-order valence-electron chi connectivity index (χ0n) is 22.8. The third-order valence-electron chi connectivity index (χ3n) is 7.68. The summed E-state index contributed by atoms with van der Waals surface area (Å²) < 4.78 is 8.91. The highest BCUT2D eigenvalue weighted by Crippen LogP contribution is 2.44. The lowest BCUT2D eigenvalue weighted by molar-refractivity contribution is 0.0790. The second kappa shape index (κ2) is 13.8. The molecule has 13 heteroatoms. The summed E-state index contributed by atoms with van der Waals surface area (Å²) in [5.41, 5.74) is 12.2. The highest BCUT2D eigenvalue weighted by molar-refractivity contribution is 7.22. The Morgan fingerprint density at radius 2 is 1.75 bits per heavy atom. The van der Waals surface area contributed by atoms with Gasteiger partial charge in [-0.25, -0.2) is 9.50 Å². The number of nitrogen functional groups attached to an aromatic ring is 1. The number of rotatable bonds is 6. The van der Waals surface area contributed by atoms with Crippen LogP contribution in [0.5, 0.6) is 5.75 Å². The largest absolute Gasteiger partial charge is 0.495 e. The fraction of sp³-hybridized carbons (Fsp3) is 0.481. The van der Waals surface area contributed by atoms with Gasteiger partial charge in [-0.3, -0.25) is 9.80 Å². The number of aliphatic hydroxyl groups is 1. The third kappa shape index (κ3) is 6.29. The molecule has 0 bridgehead atoms. The number of halogens is 3. The van der Waals surface area contributed by atoms with Crippen molar-refractivity contribution in [3.63, 3.8) is 0 Å². The lowest BCUT2D eigenvalue weighted by Gasteiger charge is -2.31. The molecule has 1 aromatic carbocycles. The first-order chi connectivity index (χ1) is 18.0. The number of likely N-dealkylation sites (tertiary alicyclic amines) is 1. The molecule has 6 rings (SSSR count). The van der Waals surface area contributed by atoms with Gasteiger partial charge in [-0.05, 0) is 48.4 Å². The maximum absolute atomic E-state index is 10.1. The van der Waals surface area contributed by atoms with Crippen molar-refractivity contribution in [3.05, 3.63) is 41.3 Å². The summed E-state index contributed by atoms with van der Waals surface area (Å²) in [4.78, 5) is 10.5. The van der Waals surface area contributed by atoms with Crippen LogP contribution in [0.3, 0.4) is 0 Å². The van der Waals surface area contributed by atoms with Crippen molar-refractivity contribution in [1.29, 1.82) is 0 Å². The number of hydrogen-bond donors (Lipinski definition) is 3. The molecule has 3 aromatic heterocycles. The Hall–Kier alpha value is -1.89. The summed E-state index contributed by atoms with van der Waals surface area (Å²) in [6.07, 6.45) is 2.96. The maximum Gasteiger partial charge on any atom is 0.152 e. The molecule has 0 unspecified atom stereocenters. The van der Waals surface area contributed by atoms with Gasteiger partial charge in [-0.15, -0.1) is 48.6 Å². The summed E-state index contributed by atoms with van der Waals surface area (Å²) in [6.45, 7) is 9.41. The average molecular weight is 631 g/mol. The van der Waals surface area contributed by atoms with E-state index in [0.717, 1.165) is 91.6 Å². The second-order valence-corrected chi connectivity index (χ2v) is 11.3. The number of nitrogens with one attached hydrogen (secondary N) is 1. The van der Waals surface area contributed by atoms with Crippen molar-refractivity contribution in [2.45, 2.75) is 39.0 Å². The molecular weight excluding hydrogens is 593 g/mol. The SMILES string of the molecule is COc1cc(C)cc2cc(-c3c(CN4CCC(O)CC4)c(CN4CCNCC4)n4ncnc(N)c34)sc12.Cl.Cl.Cl. The van der Waals surface area contributed by atoms with Gasteiger partial charge in [-0.2, -0.15) is 5.10 Å². The van der Waals surface area contributed by atoms with E-state index in [1.54, 1.807) is 24.8 Å². The molecule has 0 aliphatic carbocycles. The van der Waals surface area contributed by atoms with Crippen LogP contribution < -0.4 is 15.8 Å². The molecule has 0 radical (unpaired) electrons. The Morgan fingerprint density at radius 1 is 1.05 bits per heavy atom. The Morgan fingerprint density at radius 3 is 2.45 bits per heavy atom. The van der Waals surface area contributed by atoms with Crippen molar-refractivity contribution in [2.75, 3.05) is 52.1 Å². The van der Waals surface area contributed by atoms with Gasteiger partial charge in [0, 0.05) is 62.8 Å². The number of methoxy groups -OCH3 is 1. The second-order valence-electron chi connectivity index (χ2n) is 10.2. The topological polar surface area (TPSA) is 104 Å². The Balaban J connectivity index is 0.00000147. The smallest absolute Gasteiger partial charge is 0.152 e. The lowest BCUT2D eigenvalue weighted by atomic mass is 10.0. The molecular formula is C27H38Cl3N7O2S. The van der Waals surface area contributed by atoms with E-state index in [1.165, 1.54) is 22.2 Å². The van der Waals surface area contributed by atoms with Crippen LogP contribution in [0.2, 0.25) is 0 Å². The van der Waals surface area contributed by atoms with Gasteiger partial charge in [0.05, 0.1) is 23.6 Å². The molecule has 0 amide bonds. The molecule has 2 aliphatic heterocycles. The summed E-state index contributed by atoms with van der Waals surface area (Å²) in [6, 6.07) is 6.56. The number of fused-ring (bicyclic) bond motifs is 2. The van der Waals surface area contributed by atoms with Crippen molar-refractivity contribution < 1.29 is 9.84 Å². The first-order valence-corrected chi connectivity index (χ1v) is 13.9. The number of piperidine rings is 1. The monoisotopic (exact) mass is 629 g/mol. The normalized spacial score (nSPS) is 16.9. The number of anilines is 1. The predicted molar refractivity (Wildman–Crippen MR) is 170 cm³/mol. The van der Waals surface area contributed by atoms with Crippen LogP contribution in [-0.4, -0.2) is 82.0 Å². The zero-order chi connectivity index (χ0) is 25.5. The summed E-state index contributed by atoms with van der Waals surface area (Å²) in [7, 11) is 1.73. The number of ether oxygens (including phenoxy) is 1. The van der Waals surface area contributed by atoms with Crippen LogP contribution in [0.25, 0.3) is 26.0 Å². The number of nitrogens with two attached hydrogens (primary N) is 1. The van der Waals surface area contributed by atoms with E-state index >= 15 is 0 Å². The van der Waals surface area contributed by atoms with Gasteiger partial charge in [0.25, 0.3) is 0 Å². The predicted octanol–water partition coefficient (Wildman–Crippen LogP) is 4.14. The van der Waals surface area contributed by atoms with Crippen LogP contribution in [0, 0.1) is 6.92 Å². The minimum atomic E-state index is -0.205. The zero-order valence-corrected chi connectivity index (χ0v) is 26.0. The molecule has 0 spiro atoms. The lowest BCUT2D eigenvalue weighted by Crippen LogP contribution is -2.43. The fourth-order valence-corrected chi connectivity index (χ4v) is 6.95. The fourth-order valence-electron chi connectivity index (χ4n) is 5.74. The van der Waals surface area contributed by atoms with E-state index in [2.05, 4.69) is 45.2 Å². The van der Waals surface area contributed by atoms with Gasteiger partial charge in [0.15, 0.2) is 5.82 Å². The van der Waals surface area contributed by atoms with Gasteiger partial charge < -0.3 is 20.9 Å². The van der Waals surface area contributed by atoms with Gasteiger partial charge >= 0.3 is 0 Å². The molecule has 2 fully saturated rings. The first kappa shape index (κ1) is 32.6. The van der Waals surface area contributed by atoms with E-state index in [0.29, 0.717) is 5.82 Å². The number of aromatic nitrogens is 3. The van der Waals surface area contributed by atoms with E-state index in [4.69, 9.17) is 15.6 Å². The molecule has 9 nitrogen and oxygen atoms in total. The van der Waals surface area contributed by atoms with Crippen molar-refractivity contribution in [1.82, 2.24) is 29.7 Å². The number of benzene rings is 1. The number of aliphatic hydroxyl groups excluding tert-OH is 1. The highest BCUT2D eigenvalue weighted by atomic mass is 35.5. The maximum atomic E-state index is 10.1. The van der Waals surface area contributed by atoms with Crippen LogP contribution in [0.15, 0.2) is 24.5 Å². The number of thiophene rings is 1. The van der Waals surface area contributed by atoms with Crippen molar-refractivity contribution in [3.8, 4) is 16.2 Å². The molecule has 0 atom stereocenters. The van der Waals surface area contributed by atoms with Crippen LogP contribution in [0.4, 0.5) is 5.82 Å². The minimum absolute atomic E-state index is 0. The van der Waals surface area contributed by atoms with Crippen LogP contribution >= 0.6 is 48.6 Å². The molecule has 4 aromatic rings. The summed E-state index contributed by atoms with van der Waals surface area (Å²) >= 11 is 1.74. The molecule has 4 N–H and O–H groups in total. The van der Waals surface area contributed by atoms with Gasteiger partial charge in [0.2, 0.25) is 0 Å². The number of hydrogen-bond acceptors (Lipinski definition) is 9. The summed E-state index contributed by atoms with van der Waals surface area (Å²) in [5, 5.41) is 19.5. The minimum Gasteiger partial charge on any atom is -0.495 e.